The number of benzene rings is 3. The van der Waals surface area contributed by atoms with Crippen molar-refractivity contribution >= 4 is 5.57 Å². The summed E-state index contributed by atoms with van der Waals surface area (Å²) in [4.78, 5) is 7.01. The third kappa shape index (κ3) is 5.93. The third-order valence-corrected chi connectivity index (χ3v) is 6.68. The van der Waals surface area contributed by atoms with Gasteiger partial charge in [-0.2, -0.15) is 0 Å². The van der Waals surface area contributed by atoms with Crippen LogP contribution in [0.4, 0.5) is 0 Å². The van der Waals surface area contributed by atoms with Gasteiger partial charge in [0, 0.05) is 31.6 Å². The second kappa shape index (κ2) is 11.5. The van der Waals surface area contributed by atoms with Crippen molar-refractivity contribution < 1.29 is 19.0 Å². The van der Waals surface area contributed by atoms with Gasteiger partial charge in [-0.15, -0.1) is 0 Å². The van der Waals surface area contributed by atoms with Crippen LogP contribution in [0.15, 0.2) is 88.9 Å². The van der Waals surface area contributed by atoms with Crippen molar-refractivity contribution in [1.82, 2.24) is 9.88 Å². The van der Waals surface area contributed by atoms with Gasteiger partial charge >= 0.3 is 0 Å². The summed E-state index contributed by atoms with van der Waals surface area (Å²) in [6.07, 6.45) is 0.659. The molecule has 0 saturated heterocycles. The van der Waals surface area contributed by atoms with Crippen LogP contribution in [0, 0.1) is 6.92 Å². The fourth-order valence-corrected chi connectivity index (χ4v) is 4.70. The van der Waals surface area contributed by atoms with Crippen molar-refractivity contribution in [1.29, 1.82) is 0 Å². The molecule has 0 amide bonds. The minimum absolute atomic E-state index is 0.0503. The van der Waals surface area contributed by atoms with Crippen molar-refractivity contribution in [2.45, 2.75) is 19.9 Å². The highest BCUT2D eigenvalue weighted by Gasteiger charge is 2.23. The fourth-order valence-electron chi connectivity index (χ4n) is 4.70. The van der Waals surface area contributed by atoms with E-state index in [1.54, 1.807) is 7.11 Å². The third-order valence-electron chi connectivity index (χ3n) is 6.68. The second-order valence-corrected chi connectivity index (χ2v) is 9.25. The summed E-state index contributed by atoms with van der Waals surface area (Å²) in [5.41, 5.74) is 6.40. The van der Waals surface area contributed by atoms with Gasteiger partial charge < -0.3 is 19.0 Å². The van der Waals surface area contributed by atoms with E-state index in [-0.39, 0.29) is 6.61 Å². The molecule has 0 spiro atoms. The minimum Gasteiger partial charge on any atom is -0.497 e. The van der Waals surface area contributed by atoms with Crippen molar-refractivity contribution in [3.05, 3.63) is 107 Å². The van der Waals surface area contributed by atoms with E-state index in [1.165, 1.54) is 11.1 Å². The SMILES string of the molecule is COc1ccc(CN2CC(CO)=C(c3cccc(OCCc4nc(-c5ccccc5)oc4C)c3)C2)cc1. The molecule has 0 unspecified atom stereocenters. The van der Waals surface area contributed by atoms with Crippen LogP contribution in [0.5, 0.6) is 11.5 Å². The fraction of sp³-hybridized carbons (Fsp3) is 0.258. The zero-order chi connectivity index (χ0) is 25.6. The number of aromatic nitrogens is 1. The van der Waals surface area contributed by atoms with Crippen LogP contribution < -0.4 is 9.47 Å². The molecule has 0 saturated carbocycles. The first kappa shape index (κ1) is 24.8. The zero-order valence-electron chi connectivity index (χ0n) is 21.3. The number of oxazole rings is 1. The lowest BCUT2D eigenvalue weighted by Crippen LogP contribution is -2.21. The molecule has 6 heteroatoms. The smallest absolute Gasteiger partial charge is 0.226 e. The molecule has 0 fully saturated rings. The summed E-state index contributed by atoms with van der Waals surface area (Å²) in [5.74, 6) is 3.11. The van der Waals surface area contributed by atoms with Gasteiger partial charge in [-0.05, 0) is 65.6 Å². The molecule has 1 aliphatic heterocycles. The molecule has 190 valence electrons. The number of methoxy groups -OCH3 is 1. The normalized spacial score (nSPS) is 13.8. The molecule has 4 aromatic rings. The maximum absolute atomic E-state index is 10.0. The molecule has 0 bridgehead atoms. The molecule has 1 aromatic heterocycles. The number of nitrogens with zero attached hydrogens (tertiary/aromatic N) is 2. The van der Waals surface area contributed by atoms with Gasteiger partial charge in [0.2, 0.25) is 5.89 Å². The zero-order valence-corrected chi connectivity index (χ0v) is 21.3. The summed E-state index contributed by atoms with van der Waals surface area (Å²) in [6.45, 7) is 4.84. The largest absolute Gasteiger partial charge is 0.497 e. The Hall–Kier alpha value is -3.87. The van der Waals surface area contributed by atoms with E-state index >= 15 is 0 Å². The van der Waals surface area contributed by atoms with E-state index in [4.69, 9.17) is 13.9 Å². The number of aliphatic hydroxyl groups is 1. The van der Waals surface area contributed by atoms with Crippen LogP contribution in [0.3, 0.4) is 0 Å². The van der Waals surface area contributed by atoms with E-state index in [9.17, 15) is 5.11 Å². The number of aryl methyl sites for hydroxylation is 1. The average Bonchev–Trinajstić information content (AvgIpc) is 3.53. The topological polar surface area (TPSA) is 68.0 Å². The first-order valence-corrected chi connectivity index (χ1v) is 12.5. The van der Waals surface area contributed by atoms with Gasteiger partial charge in [-0.25, -0.2) is 4.98 Å². The Labute approximate surface area is 217 Å². The maximum atomic E-state index is 10.0. The van der Waals surface area contributed by atoms with Crippen LogP contribution >= 0.6 is 0 Å². The number of aliphatic hydroxyl groups excluding tert-OH is 1. The number of hydrogen-bond acceptors (Lipinski definition) is 6. The van der Waals surface area contributed by atoms with Gasteiger partial charge in [0.15, 0.2) is 0 Å². The van der Waals surface area contributed by atoms with Gasteiger partial charge in [0.1, 0.15) is 17.3 Å². The van der Waals surface area contributed by atoms with Crippen LogP contribution in [0.2, 0.25) is 0 Å². The quantitative estimate of drug-likeness (QED) is 0.311. The van der Waals surface area contributed by atoms with Crippen LogP contribution in [0.25, 0.3) is 17.0 Å². The lowest BCUT2D eigenvalue weighted by atomic mass is 10.0. The average molecular weight is 497 g/mol. The Morgan fingerprint density at radius 2 is 1.70 bits per heavy atom. The highest BCUT2D eigenvalue weighted by atomic mass is 16.5. The van der Waals surface area contributed by atoms with Crippen LogP contribution in [0.1, 0.15) is 22.6 Å². The Bertz CT molecular complexity index is 1360. The van der Waals surface area contributed by atoms with Gasteiger partial charge in [-0.1, -0.05) is 42.5 Å². The Morgan fingerprint density at radius 1 is 0.919 bits per heavy atom. The summed E-state index contributed by atoms with van der Waals surface area (Å²) in [6, 6.07) is 26.2. The Morgan fingerprint density at radius 3 is 2.46 bits per heavy atom. The van der Waals surface area contributed by atoms with E-state index < -0.39 is 0 Å². The number of rotatable bonds is 10. The van der Waals surface area contributed by atoms with E-state index in [0.717, 1.165) is 59.3 Å². The van der Waals surface area contributed by atoms with Gasteiger partial charge in [0.25, 0.3) is 0 Å². The van der Waals surface area contributed by atoms with Crippen molar-refractivity contribution in [3.63, 3.8) is 0 Å². The monoisotopic (exact) mass is 496 g/mol. The highest BCUT2D eigenvalue weighted by molar-refractivity contribution is 5.73. The van der Waals surface area contributed by atoms with Crippen LogP contribution in [-0.2, 0) is 13.0 Å². The molecule has 5 rings (SSSR count). The molecule has 0 radical (unpaired) electrons. The first-order chi connectivity index (χ1) is 18.1. The molecule has 1 N–H and O–H groups in total. The summed E-state index contributed by atoms with van der Waals surface area (Å²) >= 11 is 0. The molecule has 0 atom stereocenters. The maximum Gasteiger partial charge on any atom is 0.226 e. The van der Waals surface area contributed by atoms with Crippen LogP contribution in [-0.4, -0.2) is 48.4 Å². The van der Waals surface area contributed by atoms with Crippen molar-refractivity contribution in [3.8, 4) is 23.0 Å². The molecule has 37 heavy (non-hydrogen) atoms. The van der Waals surface area contributed by atoms with E-state index in [2.05, 4.69) is 34.1 Å². The Balaban J connectivity index is 1.21. The molecule has 6 nitrogen and oxygen atoms in total. The summed E-state index contributed by atoms with van der Waals surface area (Å²) < 4.78 is 17.2. The molecule has 1 aliphatic rings. The predicted octanol–water partition coefficient (Wildman–Crippen LogP) is 5.54. The highest BCUT2D eigenvalue weighted by Crippen LogP contribution is 2.30. The van der Waals surface area contributed by atoms with Gasteiger partial charge in [0.05, 0.1) is 26.0 Å². The number of ether oxygens (including phenoxy) is 2. The molecule has 2 heterocycles. The standard InChI is InChI=1S/C31H32N2O4/c1-22-30(32-31(37-22)24-7-4-3-5-8-24)15-16-36-28-10-6-9-25(17-28)29-20-33(19-26(29)21-34)18-23-11-13-27(35-2)14-12-23/h3-14,17,34H,15-16,18-21H2,1-2H3. The van der Waals surface area contributed by atoms with Crippen molar-refractivity contribution in [2.75, 3.05) is 33.4 Å². The molecular weight excluding hydrogens is 464 g/mol. The number of hydrogen-bond donors (Lipinski definition) is 1. The lowest BCUT2D eigenvalue weighted by Gasteiger charge is -2.16. The van der Waals surface area contributed by atoms with E-state index in [1.807, 2.05) is 61.5 Å². The second-order valence-electron chi connectivity index (χ2n) is 9.25. The lowest BCUT2D eigenvalue weighted by molar-refractivity contribution is 0.300. The summed E-state index contributed by atoms with van der Waals surface area (Å²) in [7, 11) is 1.67. The molecule has 0 aliphatic carbocycles. The van der Waals surface area contributed by atoms with Gasteiger partial charge in [-0.3, -0.25) is 4.90 Å². The van der Waals surface area contributed by atoms with E-state index in [0.29, 0.717) is 18.9 Å². The Kier molecular flexibility index (Phi) is 7.68. The van der Waals surface area contributed by atoms with Crippen molar-refractivity contribution in [2.24, 2.45) is 0 Å². The minimum atomic E-state index is 0.0503. The first-order valence-electron chi connectivity index (χ1n) is 12.5. The molecule has 3 aromatic carbocycles. The predicted molar refractivity (Wildman–Crippen MR) is 145 cm³/mol. The summed E-state index contributed by atoms with van der Waals surface area (Å²) in [5, 5.41) is 10.0. The molecular formula is C31H32N2O4.